The highest BCUT2D eigenvalue weighted by molar-refractivity contribution is 5.41. The lowest BCUT2D eigenvalue weighted by Crippen LogP contribution is -2.41. The Hall–Kier alpha value is -1.34. The van der Waals surface area contributed by atoms with Crippen LogP contribution in [0.5, 0.6) is 0 Å². The van der Waals surface area contributed by atoms with Crippen LogP contribution in [0, 0.1) is 11.8 Å². The molecule has 3 nitrogen and oxygen atoms in total. The molecule has 1 aromatic carbocycles. The van der Waals surface area contributed by atoms with Crippen molar-refractivity contribution in [2.75, 3.05) is 33.7 Å². The highest BCUT2D eigenvalue weighted by Crippen LogP contribution is 2.18. The summed E-state index contributed by atoms with van der Waals surface area (Å²) in [6, 6.07) is 9.07. The van der Waals surface area contributed by atoms with Crippen molar-refractivity contribution < 1.29 is 0 Å². The zero-order chi connectivity index (χ0) is 14.4. The molecule has 0 aromatic heterocycles. The number of piperidine rings is 1. The molecule has 2 N–H and O–H groups in total. The van der Waals surface area contributed by atoms with Crippen LogP contribution in [0.25, 0.3) is 0 Å². The Morgan fingerprint density at radius 2 is 2.00 bits per heavy atom. The van der Waals surface area contributed by atoms with Crippen molar-refractivity contribution in [3.8, 4) is 11.8 Å². The Balaban J connectivity index is 2.02. The van der Waals surface area contributed by atoms with Gasteiger partial charge < -0.3 is 10.6 Å². The molecule has 0 aliphatic carbocycles. The molecule has 108 valence electrons. The fraction of sp³-hybridized carbons (Fsp3) is 0.529. The number of nitrogens with two attached hydrogens (primary N) is 1. The van der Waals surface area contributed by atoms with Crippen molar-refractivity contribution in [3.05, 3.63) is 35.4 Å². The number of likely N-dealkylation sites (tertiary alicyclic amines) is 1. The molecule has 3 heteroatoms. The van der Waals surface area contributed by atoms with Crippen LogP contribution in [-0.2, 0) is 6.54 Å². The largest absolute Gasteiger partial charge is 0.320 e. The molecule has 1 saturated heterocycles. The minimum Gasteiger partial charge on any atom is -0.320 e. The van der Waals surface area contributed by atoms with Crippen LogP contribution in [-0.4, -0.2) is 49.6 Å². The topological polar surface area (TPSA) is 32.5 Å². The monoisotopic (exact) mass is 271 g/mol. The van der Waals surface area contributed by atoms with E-state index in [2.05, 4.69) is 53.9 Å². The summed E-state index contributed by atoms with van der Waals surface area (Å²) in [6.45, 7) is 3.77. The molecule has 0 unspecified atom stereocenters. The van der Waals surface area contributed by atoms with E-state index >= 15 is 0 Å². The van der Waals surface area contributed by atoms with Crippen LogP contribution in [0.15, 0.2) is 24.3 Å². The maximum Gasteiger partial charge on any atom is 0.0555 e. The van der Waals surface area contributed by atoms with Gasteiger partial charge in [-0.1, -0.05) is 30.0 Å². The molecule has 0 amide bonds. The van der Waals surface area contributed by atoms with Gasteiger partial charge in [0.1, 0.15) is 0 Å². The lowest BCUT2D eigenvalue weighted by atomic mass is 10.0. The molecule has 0 atom stereocenters. The van der Waals surface area contributed by atoms with Gasteiger partial charge in [0.15, 0.2) is 0 Å². The van der Waals surface area contributed by atoms with Crippen LogP contribution in [0.3, 0.4) is 0 Å². The van der Waals surface area contributed by atoms with E-state index in [9.17, 15) is 0 Å². The Morgan fingerprint density at radius 1 is 1.30 bits per heavy atom. The zero-order valence-electron chi connectivity index (χ0n) is 12.6. The maximum absolute atomic E-state index is 5.47. The minimum atomic E-state index is 0.416. The second-order valence-corrected chi connectivity index (χ2v) is 5.61. The van der Waals surface area contributed by atoms with Gasteiger partial charge in [-0.15, -0.1) is 0 Å². The molecule has 1 fully saturated rings. The summed E-state index contributed by atoms with van der Waals surface area (Å²) in [5.74, 6) is 6.13. The van der Waals surface area contributed by atoms with E-state index in [1.165, 1.54) is 31.5 Å². The average molecular weight is 271 g/mol. The first kappa shape index (κ1) is 15.1. The third kappa shape index (κ3) is 4.08. The van der Waals surface area contributed by atoms with Crippen molar-refractivity contribution in [3.63, 3.8) is 0 Å². The van der Waals surface area contributed by atoms with Crippen molar-refractivity contribution in [2.24, 2.45) is 5.73 Å². The lowest BCUT2D eigenvalue weighted by molar-refractivity contribution is 0.139. The van der Waals surface area contributed by atoms with E-state index in [4.69, 9.17) is 5.73 Å². The second kappa shape index (κ2) is 7.44. The van der Waals surface area contributed by atoms with Gasteiger partial charge in [0.25, 0.3) is 0 Å². The lowest BCUT2D eigenvalue weighted by Gasteiger charge is -2.35. The SMILES string of the molecule is CN1CCC(N(C)Cc2ccccc2C#CCN)CC1. The van der Waals surface area contributed by atoms with Gasteiger partial charge in [-0.3, -0.25) is 4.90 Å². The molecule has 1 aromatic rings. The van der Waals surface area contributed by atoms with Gasteiger partial charge in [-0.05, 0) is 51.7 Å². The maximum atomic E-state index is 5.47. The number of hydrogen-bond donors (Lipinski definition) is 1. The van der Waals surface area contributed by atoms with Gasteiger partial charge in [-0.2, -0.15) is 0 Å². The van der Waals surface area contributed by atoms with Crippen molar-refractivity contribution in [1.82, 2.24) is 9.80 Å². The standard InChI is InChI=1S/C17H25N3/c1-19-12-9-17(10-13-19)20(2)14-16-7-4-3-6-15(16)8-5-11-18/h3-4,6-7,17H,9-14,18H2,1-2H3. The Morgan fingerprint density at radius 3 is 2.70 bits per heavy atom. The molecule has 0 bridgehead atoms. The first-order valence-electron chi connectivity index (χ1n) is 7.36. The molecular weight excluding hydrogens is 246 g/mol. The van der Waals surface area contributed by atoms with Gasteiger partial charge in [0.2, 0.25) is 0 Å². The summed E-state index contributed by atoms with van der Waals surface area (Å²) in [4.78, 5) is 4.88. The minimum absolute atomic E-state index is 0.416. The number of rotatable bonds is 3. The quantitative estimate of drug-likeness (QED) is 0.846. The predicted molar refractivity (Wildman–Crippen MR) is 84.4 cm³/mol. The van der Waals surface area contributed by atoms with Gasteiger partial charge >= 0.3 is 0 Å². The van der Waals surface area contributed by atoms with Crippen molar-refractivity contribution >= 4 is 0 Å². The van der Waals surface area contributed by atoms with E-state index in [-0.39, 0.29) is 0 Å². The molecule has 2 rings (SSSR count). The number of benzene rings is 1. The molecule has 20 heavy (non-hydrogen) atoms. The summed E-state index contributed by atoms with van der Waals surface area (Å²) in [6.07, 6.45) is 2.51. The van der Waals surface area contributed by atoms with Gasteiger partial charge in [0.05, 0.1) is 6.54 Å². The van der Waals surface area contributed by atoms with Crippen LogP contribution in [0.1, 0.15) is 24.0 Å². The third-order valence-electron chi connectivity index (χ3n) is 4.07. The van der Waals surface area contributed by atoms with Gasteiger partial charge in [0, 0.05) is 18.2 Å². The second-order valence-electron chi connectivity index (χ2n) is 5.61. The van der Waals surface area contributed by atoms with E-state index < -0.39 is 0 Å². The van der Waals surface area contributed by atoms with E-state index in [1.54, 1.807) is 0 Å². The summed E-state index contributed by atoms with van der Waals surface area (Å²) < 4.78 is 0. The highest BCUT2D eigenvalue weighted by Gasteiger charge is 2.20. The molecule has 1 heterocycles. The summed E-state index contributed by atoms with van der Waals surface area (Å²) in [7, 11) is 4.43. The Labute approximate surface area is 122 Å². The molecule has 0 saturated carbocycles. The fourth-order valence-electron chi connectivity index (χ4n) is 2.76. The molecular formula is C17H25N3. The summed E-state index contributed by atoms with van der Waals surface area (Å²) >= 11 is 0. The van der Waals surface area contributed by atoms with Gasteiger partial charge in [-0.25, -0.2) is 0 Å². The van der Waals surface area contributed by atoms with Crippen LogP contribution >= 0.6 is 0 Å². The smallest absolute Gasteiger partial charge is 0.0555 e. The van der Waals surface area contributed by atoms with Crippen molar-refractivity contribution in [1.29, 1.82) is 0 Å². The van der Waals surface area contributed by atoms with E-state index in [0.29, 0.717) is 12.6 Å². The molecule has 1 aliphatic heterocycles. The predicted octanol–water partition coefficient (Wildman–Crippen LogP) is 1.52. The number of nitrogens with zero attached hydrogens (tertiary/aromatic N) is 2. The molecule has 1 aliphatic rings. The molecule has 0 spiro atoms. The molecule has 0 radical (unpaired) electrons. The van der Waals surface area contributed by atoms with Crippen LogP contribution < -0.4 is 5.73 Å². The summed E-state index contributed by atoms with van der Waals surface area (Å²) in [5.41, 5.74) is 7.88. The summed E-state index contributed by atoms with van der Waals surface area (Å²) in [5, 5.41) is 0. The zero-order valence-corrected chi connectivity index (χ0v) is 12.6. The Bertz CT molecular complexity index is 478. The number of hydrogen-bond acceptors (Lipinski definition) is 3. The van der Waals surface area contributed by atoms with E-state index in [0.717, 1.165) is 12.1 Å². The normalized spacial score (nSPS) is 17.0. The average Bonchev–Trinajstić information content (AvgIpc) is 2.47. The van der Waals surface area contributed by atoms with Crippen LogP contribution in [0.4, 0.5) is 0 Å². The first-order valence-corrected chi connectivity index (χ1v) is 7.36. The Kier molecular flexibility index (Phi) is 5.60. The first-order chi connectivity index (χ1) is 9.70. The highest BCUT2D eigenvalue weighted by atomic mass is 15.2. The third-order valence-corrected chi connectivity index (χ3v) is 4.07. The van der Waals surface area contributed by atoms with Crippen molar-refractivity contribution in [2.45, 2.75) is 25.4 Å². The van der Waals surface area contributed by atoms with E-state index in [1.807, 2.05) is 6.07 Å². The fourth-order valence-corrected chi connectivity index (χ4v) is 2.76. The van der Waals surface area contributed by atoms with Crippen LogP contribution in [0.2, 0.25) is 0 Å².